The molecule has 1 aromatic heterocycles. The van der Waals surface area contributed by atoms with E-state index in [0.717, 1.165) is 28.5 Å². The zero-order valence-corrected chi connectivity index (χ0v) is 16.3. The zero-order valence-electron chi connectivity index (χ0n) is 16.3. The highest BCUT2D eigenvalue weighted by atomic mass is 16.5. The van der Waals surface area contributed by atoms with Crippen molar-refractivity contribution in [3.8, 4) is 16.9 Å². The van der Waals surface area contributed by atoms with Gasteiger partial charge in [0.15, 0.2) is 6.61 Å². The van der Waals surface area contributed by atoms with Crippen LogP contribution in [-0.4, -0.2) is 19.1 Å². The maximum absolute atomic E-state index is 12.1. The minimum Gasteiger partial charge on any atom is -0.484 e. The largest absolute Gasteiger partial charge is 0.484 e. The monoisotopic (exact) mass is 399 g/mol. The van der Waals surface area contributed by atoms with E-state index in [1.165, 1.54) is 6.07 Å². The highest BCUT2D eigenvalue weighted by molar-refractivity contribution is 5.93. The first-order chi connectivity index (χ1) is 14.7. The van der Waals surface area contributed by atoms with Crippen LogP contribution in [0.5, 0.6) is 5.75 Å². The van der Waals surface area contributed by atoms with Gasteiger partial charge in [0, 0.05) is 24.1 Å². The van der Waals surface area contributed by atoms with Crippen LogP contribution < -0.4 is 15.7 Å². The van der Waals surface area contributed by atoms with Crippen molar-refractivity contribution >= 4 is 16.9 Å². The Morgan fingerprint density at radius 2 is 1.63 bits per heavy atom. The van der Waals surface area contributed by atoms with Crippen molar-refractivity contribution in [2.45, 2.75) is 6.42 Å². The van der Waals surface area contributed by atoms with Gasteiger partial charge in [-0.15, -0.1) is 0 Å². The van der Waals surface area contributed by atoms with Gasteiger partial charge in [0.25, 0.3) is 5.91 Å². The van der Waals surface area contributed by atoms with Gasteiger partial charge in [-0.2, -0.15) is 0 Å². The fourth-order valence-corrected chi connectivity index (χ4v) is 3.28. The van der Waals surface area contributed by atoms with Gasteiger partial charge in [0.1, 0.15) is 11.3 Å². The standard InChI is InChI=1S/C25H21NO4/c27-24(26-14-13-18-7-3-1-4-8-18)17-29-20-11-12-21-22(19-9-5-2-6-10-19)16-25(28)30-23(21)15-20/h1-12,15-16H,13-14,17H2,(H,26,27). The second kappa shape index (κ2) is 9.09. The summed E-state index contributed by atoms with van der Waals surface area (Å²) in [7, 11) is 0. The molecule has 0 aliphatic rings. The Morgan fingerprint density at radius 1 is 0.900 bits per heavy atom. The minimum absolute atomic E-state index is 0.108. The lowest BCUT2D eigenvalue weighted by atomic mass is 10.0. The molecule has 0 spiro atoms. The molecule has 0 aliphatic heterocycles. The summed E-state index contributed by atoms with van der Waals surface area (Å²) in [5, 5.41) is 3.65. The van der Waals surface area contributed by atoms with E-state index in [0.29, 0.717) is 17.9 Å². The highest BCUT2D eigenvalue weighted by Crippen LogP contribution is 2.29. The average Bonchev–Trinajstić information content (AvgIpc) is 2.78. The Kier molecular flexibility index (Phi) is 5.90. The predicted octanol–water partition coefficient (Wildman–Crippen LogP) is 4.20. The SMILES string of the molecule is O=C(COc1ccc2c(-c3ccccc3)cc(=O)oc2c1)NCCc1ccccc1. The van der Waals surface area contributed by atoms with Crippen molar-refractivity contribution < 1.29 is 13.9 Å². The van der Waals surface area contributed by atoms with Crippen LogP contribution in [0.4, 0.5) is 0 Å². The summed E-state index contributed by atoms with van der Waals surface area (Å²) in [5.41, 5.74) is 2.88. The first-order valence-corrected chi connectivity index (χ1v) is 9.76. The topological polar surface area (TPSA) is 68.5 Å². The van der Waals surface area contributed by atoms with Gasteiger partial charge in [-0.05, 0) is 35.2 Å². The van der Waals surface area contributed by atoms with Crippen LogP contribution in [0.25, 0.3) is 22.1 Å². The number of ether oxygens (including phenoxy) is 1. The predicted molar refractivity (Wildman–Crippen MR) is 117 cm³/mol. The van der Waals surface area contributed by atoms with Gasteiger partial charge in [-0.25, -0.2) is 4.79 Å². The van der Waals surface area contributed by atoms with Gasteiger partial charge in [-0.3, -0.25) is 4.79 Å². The Balaban J connectivity index is 1.41. The van der Waals surface area contributed by atoms with Crippen LogP contribution in [0.3, 0.4) is 0 Å². The van der Waals surface area contributed by atoms with Crippen LogP contribution in [-0.2, 0) is 11.2 Å². The molecule has 5 heteroatoms. The van der Waals surface area contributed by atoms with Gasteiger partial charge < -0.3 is 14.5 Å². The van der Waals surface area contributed by atoms with E-state index in [1.54, 1.807) is 12.1 Å². The first-order valence-electron chi connectivity index (χ1n) is 9.76. The normalized spacial score (nSPS) is 10.7. The molecule has 0 aliphatic carbocycles. The van der Waals surface area contributed by atoms with Crippen LogP contribution in [0.15, 0.2) is 94.1 Å². The molecule has 1 heterocycles. The molecule has 0 saturated carbocycles. The fourth-order valence-electron chi connectivity index (χ4n) is 3.28. The van der Waals surface area contributed by atoms with Crippen LogP contribution in [0.1, 0.15) is 5.56 Å². The summed E-state index contributed by atoms with van der Waals surface area (Å²) >= 11 is 0. The summed E-state index contributed by atoms with van der Waals surface area (Å²) in [6.07, 6.45) is 0.760. The molecule has 0 unspecified atom stereocenters. The number of hydrogen-bond acceptors (Lipinski definition) is 4. The number of fused-ring (bicyclic) bond motifs is 1. The highest BCUT2D eigenvalue weighted by Gasteiger charge is 2.10. The third-order valence-electron chi connectivity index (χ3n) is 4.75. The maximum Gasteiger partial charge on any atom is 0.336 e. The van der Waals surface area contributed by atoms with E-state index in [1.807, 2.05) is 66.7 Å². The quantitative estimate of drug-likeness (QED) is 0.473. The number of rotatable bonds is 7. The van der Waals surface area contributed by atoms with Gasteiger partial charge >= 0.3 is 5.63 Å². The molecular formula is C25H21NO4. The Labute approximate surface area is 173 Å². The second-order valence-corrected chi connectivity index (χ2v) is 6.88. The molecule has 0 bridgehead atoms. The van der Waals surface area contributed by atoms with E-state index in [4.69, 9.17) is 9.15 Å². The Bertz CT molecular complexity index is 1200. The molecule has 0 atom stereocenters. The molecule has 3 aromatic carbocycles. The van der Waals surface area contributed by atoms with Crippen molar-refractivity contribution in [2.75, 3.05) is 13.2 Å². The van der Waals surface area contributed by atoms with Gasteiger partial charge in [0.05, 0.1) is 0 Å². The Hall–Kier alpha value is -3.86. The van der Waals surface area contributed by atoms with E-state index in [-0.39, 0.29) is 12.5 Å². The summed E-state index contributed by atoms with van der Waals surface area (Å²) in [6, 6.07) is 26.3. The molecule has 0 saturated heterocycles. The molecule has 1 amide bonds. The molecular weight excluding hydrogens is 378 g/mol. The van der Waals surface area contributed by atoms with Crippen molar-refractivity contribution in [3.63, 3.8) is 0 Å². The first kappa shape index (κ1) is 19.5. The van der Waals surface area contributed by atoms with Crippen molar-refractivity contribution in [3.05, 3.63) is 101 Å². The molecule has 4 aromatic rings. The number of benzene rings is 3. The smallest absolute Gasteiger partial charge is 0.336 e. The van der Waals surface area contributed by atoms with Gasteiger partial charge in [0.2, 0.25) is 0 Å². The lowest BCUT2D eigenvalue weighted by Gasteiger charge is -2.10. The number of nitrogens with one attached hydrogen (secondary N) is 1. The zero-order chi connectivity index (χ0) is 20.8. The van der Waals surface area contributed by atoms with Crippen LogP contribution >= 0.6 is 0 Å². The van der Waals surface area contributed by atoms with E-state index >= 15 is 0 Å². The fraction of sp³-hybridized carbons (Fsp3) is 0.120. The molecule has 30 heavy (non-hydrogen) atoms. The number of amides is 1. The number of hydrogen-bond donors (Lipinski definition) is 1. The van der Waals surface area contributed by atoms with Crippen LogP contribution in [0, 0.1) is 0 Å². The molecule has 1 N–H and O–H groups in total. The third kappa shape index (κ3) is 4.75. The van der Waals surface area contributed by atoms with Crippen molar-refractivity contribution in [2.24, 2.45) is 0 Å². The molecule has 0 fully saturated rings. The summed E-state index contributed by atoms with van der Waals surface area (Å²) < 4.78 is 10.9. The molecule has 0 radical (unpaired) electrons. The summed E-state index contributed by atoms with van der Waals surface area (Å²) in [6.45, 7) is 0.433. The van der Waals surface area contributed by atoms with E-state index in [9.17, 15) is 9.59 Å². The number of carbonyl (C=O) groups excluding carboxylic acids is 1. The summed E-state index contributed by atoms with van der Waals surface area (Å²) in [4.78, 5) is 24.1. The second-order valence-electron chi connectivity index (χ2n) is 6.88. The van der Waals surface area contributed by atoms with Crippen molar-refractivity contribution in [1.29, 1.82) is 0 Å². The van der Waals surface area contributed by atoms with E-state index < -0.39 is 5.63 Å². The van der Waals surface area contributed by atoms with Crippen LogP contribution in [0.2, 0.25) is 0 Å². The molecule has 5 nitrogen and oxygen atoms in total. The lowest BCUT2D eigenvalue weighted by molar-refractivity contribution is -0.123. The maximum atomic E-state index is 12.1. The van der Waals surface area contributed by atoms with Crippen molar-refractivity contribution in [1.82, 2.24) is 5.32 Å². The minimum atomic E-state index is -0.433. The lowest BCUT2D eigenvalue weighted by Crippen LogP contribution is -2.30. The Morgan fingerprint density at radius 3 is 2.40 bits per heavy atom. The summed E-state index contributed by atoms with van der Waals surface area (Å²) in [5.74, 6) is 0.264. The molecule has 4 rings (SSSR count). The third-order valence-corrected chi connectivity index (χ3v) is 4.75. The van der Waals surface area contributed by atoms with Gasteiger partial charge in [-0.1, -0.05) is 60.7 Å². The van der Waals surface area contributed by atoms with E-state index in [2.05, 4.69) is 5.32 Å². The molecule has 150 valence electrons. The number of carbonyl (C=O) groups is 1. The average molecular weight is 399 g/mol.